The number of hydrogen-bond donors (Lipinski definition) is 12. The van der Waals surface area contributed by atoms with Crippen LogP contribution in [0.2, 0.25) is 25.1 Å². The van der Waals surface area contributed by atoms with Crippen molar-refractivity contribution in [3.63, 3.8) is 0 Å². The molecule has 0 radical (unpaired) electrons. The molecule has 0 saturated heterocycles. The van der Waals surface area contributed by atoms with Gasteiger partial charge >= 0.3 is 0 Å². The summed E-state index contributed by atoms with van der Waals surface area (Å²) in [7, 11) is 0. The minimum atomic E-state index is 0.653. The summed E-state index contributed by atoms with van der Waals surface area (Å²) in [6.07, 6.45) is 11.4. The lowest BCUT2D eigenvalue weighted by molar-refractivity contribution is 0.942. The number of aromatic nitrogens is 18. The second-order valence-corrected chi connectivity index (χ2v) is 20.2. The molecule has 0 amide bonds. The summed E-state index contributed by atoms with van der Waals surface area (Å²) < 4.78 is 1.03. The fourth-order valence-corrected chi connectivity index (χ4v) is 8.15. The number of aryl methyl sites for hydroxylation is 3. The van der Waals surface area contributed by atoms with Crippen LogP contribution in [0.15, 0.2) is 163 Å². The molecule has 0 saturated carbocycles. The number of hydrogen-bond acceptors (Lipinski definition) is 18. The van der Waals surface area contributed by atoms with Crippen LogP contribution >= 0.6 is 73.9 Å². The van der Waals surface area contributed by atoms with Gasteiger partial charge < -0.3 is 31.9 Å². The average molecular weight is 1290 g/mol. The number of benzene rings is 6. The summed E-state index contributed by atoms with van der Waals surface area (Å²) in [5.74, 6) is 4.07. The van der Waals surface area contributed by atoms with Crippen LogP contribution in [0, 0.1) is 27.7 Å². The summed E-state index contributed by atoms with van der Waals surface area (Å²) in [6.45, 7) is 11.6. The highest BCUT2D eigenvalue weighted by Gasteiger charge is 2.06. The average Bonchev–Trinajstić information content (AvgIpc) is 4.40. The summed E-state index contributed by atoms with van der Waals surface area (Å²) in [6, 6.07) is 36.1. The van der Waals surface area contributed by atoms with Crippen molar-refractivity contribution >= 4 is 149 Å². The minimum absolute atomic E-state index is 0.653. The fraction of sp³-hybridized carbons (Fsp3) is 0.0741. The molecular formula is C54H52BrCl5N24. The van der Waals surface area contributed by atoms with E-state index in [0.29, 0.717) is 50.0 Å². The maximum atomic E-state index is 5.97. The van der Waals surface area contributed by atoms with Crippen LogP contribution in [-0.4, -0.2) is 92.5 Å². The molecule has 30 heteroatoms. The lowest BCUT2D eigenvalue weighted by atomic mass is 10.2. The van der Waals surface area contributed by atoms with Gasteiger partial charge in [0.25, 0.3) is 0 Å². The van der Waals surface area contributed by atoms with Crippen LogP contribution < -0.4 is 31.9 Å². The van der Waals surface area contributed by atoms with E-state index in [0.717, 1.165) is 76.5 Å². The Morgan fingerprint density at radius 1 is 0.393 bits per heavy atom. The van der Waals surface area contributed by atoms with Gasteiger partial charge in [0, 0.05) is 63.7 Å². The molecule has 6 heterocycles. The summed E-state index contributed by atoms with van der Waals surface area (Å²) in [4.78, 5) is 0. The van der Waals surface area contributed by atoms with Gasteiger partial charge in [-0.2, -0.15) is 61.9 Å². The van der Waals surface area contributed by atoms with Gasteiger partial charge in [0.1, 0.15) is 0 Å². The van der Waals surface area contributed by atoms with Crippen LogP contribution in [0.5, 0.6) is 0 Å². The predicted octanol–water partition coefficient (Wildman–Crippen LogP) is 15.2. The molecule has 0 spiro atoms. The minimum Gasteiger partial charge on any atom is -0.337 e. The smallest absolute Gasteiger partial charge is 0.172 e. The molecule has 84 heavy (non-hydrogen) atoms. The van der Waals surface area contributed by atoms with E-state index in [4.69, 9.17) is 58.0 Å². The highest BCUT2D eigenvalue weighted by atomic mass is 79.9. The van der Waals surface area contributed by atoms with E-state index in [1.54, 1.807) is 49.3 Å². The number of aromatic amines is 6. The summed E-state index contributed by atoms with van der Waals surface area (Å²) in [5, 5.41) is 82.8. The van der Waals surface area contributed by atoms with E-state index in [-0.39, 0.29) is 0 Å². The first-order valence-electron chi connectivity index (χ1n) is 24.6. The molecule has 12 N–H and O–H groups in total. The van der Waals surface area contributed by atoms with Crippen molar-refractivity contribution in [1.29, 1.82) is 0 Å². The van der Waals surface area contributed by atoms with E-state index in [9.17, 15) is 0 Å². The zero-order chi connectivity index (χ0) is 59.6. The Hall–Kier alpha value is -9.37. The van der Waals surface area contributed by atoms with E-state index >= 15 is 0 Å². The maximum Gasteiger partial charge on any atom is 0.172 e. The molecule has 0 aliphatic carbocycles. The first-order valence-corrected chi connectivity index (χ1v) is 27.3. The Morgan fingerprint density at radius 2 is 0.869 bits per heavy atom. The van der Waals surface area contributed by atoms with Crippen molar-refractivity contribution in [3.05, 3.63) is 216 Å². The first-order chi connectivity index (χ1) is 40.7. The number of nitrogens with one attached hydrogen (secondary N) is 12. The third-order valence-corrected chi connectivity index (χ3v) is 12.8. The van der Waals surface area contributed by atoms with Crippen molar-refractivity contribution in [2.45, 2.75) is 27.7 Å². The molecule has 0 atom stereocenters. The Bertz CT molecular complexity index is 3790. The highest BCUT2D eigenvalue weighted by Crippen LogP contribution is 2.28. The zero-order valence-electron chi connectivity index (χ0n) is 44.9. The number of halogens is 6. The molecule has 0 fully saturated rings. The second kappa shape index (κ2) is 32.3. The van der Waals surface area contributed by atoms with Gasteiger partial charge in [0.05, 0.1) is 37.2 Å². The van der Waals surface area contributed by atoms with Gasteiger partial charge in [-0.1, -0.05) is 105 Å². The molecule has 12 aromatic rings. The Balaban J connectivity index is 0.000000145. The van der Waals surface area contributed by atoms with Crippen LogP contribution in [0.25, 0.3) is 6.08 Å². The Kier molecular flexibility index (Phi) is 23.9. The fourth-order valence-electron chi connectivity index (χ4n) is 6.81. The van der Waals surface area contributed by atoms with Crippen LogP contribution in [0.4, 0.5) is 69.0 Å². The van der Waals surface area contributed by atoms with Crippen molar-refractivity contribution in [2.24, 2.45) is 0 Å². The topological polar surface area (TPSA) is 322 Å². The lowest BCUT2D eigenvalue weighted by Gasteiger charge is -2.07. The predicted molar refractivity (Wildman–Crippen MR) is 338 cm³/mol. The van der Waals surface area contributed by atoms with Crippen molar-refractivity contribution in [2.75, 3.05) is 31.9 Å². The quantitative estimate of drug-likeness (QED) is 0.0510. The lowest BCUT2D eigenvalue weighted by Crippen LogP contribution is -1.93. The third kappa shape index (κ3) is 20.9. The molecule has 0 aliphatic rings. The zero-order valence-corrected chi connectivity index (χ0v) is 50.2. The molecule has 0 aliphatic heterocycles. The molecule has 0 unspecified atom stereocenters. The highest BCUT2D eigenvalue weighted by molar-refractivity contribution is 9.10. The summed E-state index contributed by atoms with van der Waals surface area (Å²) >= 11 is 32.9. The standard InChI is InChI=1S/C10H9ClN4.4C9H9ClN4.C8H7BrN4/c1-2-7-5-8(11)3-4-9(7)13-10-6-12-15-14-10;1-6-2-7(10)4-8(3-6)12-9-5-11-14-13-9;1-6-4-7(2-3-8(6)10)12-9-5-11-14-13-9;1-6-2-3-7(10)4-8(6)12-9-5-11-14-13-9;1-6-7(10)3-2-4-8(6)12-9-5-11-14-13-9;9-6-2-1-3-7(4-6)11-8-5-10-13-12-8/h2-6H,1H2,(H2,12,13,14,15);4*2-5H,1H3,(H2,11,12,13,14);1-5H,(H2,10,11,12,13). The SMILES string of the molecule is Brc1cccc(Nc2cn[nH]n2)c1.C=Cc1cc(Cl)ccc1Nc1cn[nH]n1.Cc1c(Cl)cccc1Nc1cn[nH]n1.Cc1cc(Cl)cc(Nc2cn[nH]n2)c1.Cc1cc(Nc2cn[nH]n2)ccc1Cl.Cc1ccc(Cl)cc1Nc1cn[nH]n1. The van der Waals surface area contributed by atoms with Crippen LogP contribution in [0.3, 0.4) is 0 Å². The monoisotopic (exact) mass is 1290 g/mol. The van der Waals surface area contributed by atoms with Crippen molar-refractivity contribution in [3.8, 4) is 0 Å². The van der Waals surface area contributed by atoms with Gasteiger partial charge in [-0.15, -0.1) is 30.6 Å². The molecule has 430 valence electrons. The summed E-state index contributed by atoms with van der Waals surface area (Å²) in [5.41, 5.74) is 10.7. The van der Waals surface area contributed by atoms with Crippen molar-refractivity contribution < 1.29 is 0 Å². The molecule has 6 aromatic heterocycles. The van der Waals surface area contributed by atoms with Gasteiger partial charge in [-0.3, -0.25) is 0 Å². The largest absolute Gasteiger partial charge is 0.337 e. The van der Waals surface area contributed by atoms with E-state index < -0.39 is 0 Å². The number of anilines is 12. The number of H-pyrrole nitrogens is 6. The Morgan fingerprint density at radius 3 is 1.37 bits per heavy atom. The molecule has 12 rings (SSSR count). The van der Waals surface area contributed by atoms with Gasteiger partial charge in [-0.05, 0) is 153 Å². The molecule has 24 nitrogen and oxygen atoms in total. The van der Waals surface area contributed by atoms with Gasteiger partial charge in [0.2, 0.25) is 0 Å². The Labute approximate surface area is 514 Å². The first kappa shape index (κ1) is 62.2. The van der Waals surface area contributed by atoms with Crippen LogP contribution in [-0.2, 0) is 0 Å². The third-order valence-electron chi connectivity index (χ3n) is 10.8. The van der Waals surface area contributed by atoms with E-state index in [1.165, 1.54) is 0 Å². The van der Waals surface area contributed by atoms with E-state index in [1.807, 2.05) is 137 Å². The molecule has 6 aromatic carbocycles. The molecule has 0 bridgehead atoms. The maximum absolute atomic E-state index is 5.97. The normalized spacial score (nSPS) is 10.1. The van der Waals surface area contributed by atoms with Gasteiger partial charge in [-0.25, -0.2) is 0 Å². The van der Waals surface area contributed by atoms with Gasteiger partial charge in [0.15, 0.2) is 34.9 Å². The number of nitrogens with zero attached hydrogens (tertiary/aromatic N) is 12. The second-order valence-electron chi connectivity index (χ2n) is 17.2. The van der Waals surface area contributed by atoms with E-state index in [2.05, 4.69) is 147 Å². The van der Waals surface area contributed by atoms with Crippen molar-refractivity contribution in [1.82, 2.24) is 92.5 Å². The van der Waals surface area contributed by atoms with Crippen LogP contribution in [0.1, 0.15) is 27.8 Å². The molecular weight excluding hydrogens is 1240 g/mol. The number of rotatable bonds is 13.